The number of rotatable bonds is 2. The molecule has 3 aromatic rings. The molecule has 1 unspecified atom stereocenters. The van der Waals surface area contributed by atoms with E-state index in [0.29, 0.717) is 11.5 Å². The number of fused-ring (bicyclic) bond motifs is 1. The molecule has 0 bridgehead atoms. The van der Waals surface area contributed by atoms with Crippen LogP contribution in [-0.2, 0) is 0 Å². The van der Waals surface area contributed by atoms with Crippen LogP contribution in [0.5, 0.6) is 0 Å². The Morgan fingerprint density at radius 3 is 2.72 bits per heavy atom. The van der Waals surface area contributed by atoms with Gasteiger partial charge in [-0.05, 0) is 0 Å². The van der Waals surface area contributed by atoms with E-state index in [9.17, 15) is 5.26 Å². The molecule has 0 amide bonds. The van der Waals surface area contributed by atoms with Crippen molar-refractivity contribution in [1.82, 2.24) is 15.0 Å². The van der Waals surface area contributed by atoms with Crippen molar-refractivity contribution in [3.63, 3.8) is 0 Å². The Bertz CT molecular complexity index is 971. The van der Waals surface area contributed by atoms with Crippen molar-refractivity contribution in [2.45, 2.75) is 38.0 Å². The fraction of sp³-hybridized carbons (Fsp3) is 0.300. The van der Waals surface area contributed by atoms with Crippen LogP contribution in [0.2, 0.25) is 0 Å². The third-order valence-electron chi connectivity index (χ3n) is 5.00. The molecule has 4 rings (SSSR count). The molecule has 1 saturated carbocycles. The van der Waals surface area contributed by atoms with Crippen molar-refractivity contribution in [3.8, 4) is 17.3 Å². The second kappa shape index (κ2) is 6.94. The summed E-state index contributed by atoms with van der Waals surface area (Å²) < 4.78 is 1.06. The SMILES string of the molecule is N#Cc1cccc(-c2cc(C3CCCCC3)c3c([AsH2])ncnc3n2)c1. The molecule has 25 heavy (non-hydrogen) atoms. The van der Waals surface area contributed by atoms with Crippen LogP contribution in [0.15, 0.2) is 36.7 Å². The zero-order valence-corrected chi connectivity index (χ0v) is 16.4. The Balaban J connectivity index is 1.93. The molecule has 1 aromatic carbocycles. The second-order valence-corrected chi connectivity index (χ2v) is 7.73. The van der Waals surface area contributed by atoms with Crippen molar-refractivity contribution in [2.24, 2.45) is 0 Å². The van der Waals surface area contributed by atoms with Crippen LogP contribution in [0.3, 0.4) is 0 Å². The fourth-order valence-electron chi connectivity index (χ4n) is 3.75. The molecular weight excluding hydrogens is 371 g/mol. The number of nitrogens with zero attached hydrogens (tertiary/aromatic N) is 4. The van der Waals surface area contributed by atoms with E-state index in [1.807, 2.05) is 24.3 Å². The predicted molar refractivity (Wildman–Crippen MR) is 101 cm³/mol. The Labute approximate surface area is 155 Å². The van der Waals surface area contributed by atoms with Gasteiger partial charge in [-0.15, -0.1) is 0 Å². The fourth-order valence-corrected chi connectivity index (χ4v) is 4.51. The first-order valence-electron chi connectivity index (χ1n) is 8.68. The topological polar surface area (TPSA) is 62.5 Å². The van der Waals surface area contributed by atoms with E-state index >= 15 is 0 Å². The van der Waals surface area contributed by atoms with Gasteiger partial charge in [-0.25, -0.2) is 0 Å². The molecule has 0 N–H and O–H groups in total. The van der Waals surface area contributed by atoms with Crippen LogP contribution in [0.4, 0.5) is 0 Å². The Morgan fingerprint density at radius 2 is 1.92 bits per heavy atom. The van der Waals surface area contributed by atoms with Crippen molar-refractivity contribution in [2.75, 3.05) is 0 Å². The van der Waals surface area contributed by atoms with Gasteiger partial charge in [0, 0.05) is 0 Å². The molecule has 124 valence electrons. The standard InChI is InChI=1S/C20H19AsN4/c21-19-18-16(14-6-2-1-3-7-14)10-17(25-20(18)24-12-23-19)15-8-4-5-13(9-15)11-22/h4-5,8-10,12,14H,1-3,6-7,21H2. The number of hydrogen-bond donors (Lipinski definition) is 0. The van der Waals surface area contributed by atoms with Crippen LogP contribution < -0.4 is 4.48 Å². The van der Waals surface area contributed by atoms with Crippen LogP contribution in [0.1, 0.15) is 49.1 Å². The van der Waals surface area contributed by atoms with Crippen LogP contribution in [0.25, 0.3) is 22.3 Å². The molecule has 1 aliphatic carbocycles. The number of nitriles is 1. The molecule has 0 spiro atoms. The van der Waals surface area contributed by atoms with E-state index in [4.69, 9.17) is 4.98 Å². The molecule has 1 fully saturated rings. The van der Waals surface area contributed by atoms with Gasteiger partial charge in [0.05, 0.1) is 0 Å². The summed E-state index contributed by atoms with van der Waals surface area (Å²) in [6, 6.07) is 12.1. The molecule has 0 aliphatic heterocycles. The zero-order chi connectivity index (χ0) is 17.2. The maximum atomic E-state index is 9.19. The summed E-state index contributed by atoms with van der Waals surface area (Å²) in [5.74, 6) is 0.553. The van der Waals surface area contributed by atoms with Crippen LogP contribution in [-0.4, -0.2) is 31.8 Å². The third-order valence-corrected chi connectivity index (χ3v) is 5.91. The minimum atomic E-state index is 0.553. The molecule has 1 atom stereocenters. The first-order chi connectivity index (χ1) is 12.3. The number of benzene rings is 1. The summed E-state index contributed by atoms with van der Waals surface area (Å²) >= 11 is 1.52. The number of pyridine rings is 1. The van der Waals surface area contributed by atoms with E-state index in [-0.39, 0.29) is 0 Å². The summed E-state index contributed by atoms with van der Waals surface area (Å²) in [7, 11) is 0. The first kappa shape index (κ1) is 16.2. The third kappa shape index (κ3) is 3.17. The van der Waals surface area contributed by atoms with E-state index in [1.54, 1.807) is 6.33 Å². The van der Waals surface area contributed by atoms with E-state index < -0.39 is 0 Å². The first-order valence-corrected chi connectivity index (χ1v) is 9.89. The molecule has 0 radical (unpaired) electrons. The molecule has 1 aliphatic rings. The molecule has 5 heteroatoms. The predicted octanol–water partition coefficient (Wildman–Crippen LogP) is 2.87. The molecule has 2 aromatic heterocycles. The van der Waals surface area contributed by atoms with Crippen molar-refractivity contribution >= 4 is 32.4 Å². The average Bonchev–Trinajstić information content (AvgIpc) is 2.68. The summed E-state index contributed by atoms with van der Waals surface area (Å²) in [6.07, 6.45) is 7.94. The average molecular weight is 390 g/mol. The number of hydrogen-bond acceptors (Lipinski definition) is 4. The Kier molecular flexibility index (Phi) is 4.51. The van der Waals surface area contributed by atoms with Gasteiger partial charge in [-0.2, -0.15) is 0 Å². The van der Waals surface area contributed by atoms with Gasteiger partial charge in [-0.1, -0.05) is 0 Å². The van der Waals surface area contributed by atoms with Gasteiger partial charge < -0.3 is 0 Å². The minimum absolute atomic E-state index is 0.553. The van der Waals surface area contributed by atoms with E-state index in [2.05, 4.69) is 22.1 Å². The monoisotopic (exact) mass is 390 g/mol. The van der Waals surface area contributed by atoms with Gasteiger partial charge in [0.2, 0.25) is 0 Å². The summed E-state index contributed by atoms with van der Waals surface area (Å²) in [5, 5.41) is 10.3. The quantitative estimate of drug-likeness (QED) is 0.632. The molecular formula is C20H19AsN4. The van der Waals surface area contributed by atoms with Gasteiger partial charge in [0.1, 0.15) is 0 Å². The molecule has 0 saturated heterocycles. The van der Waals surface area contributed by atoms with E-state index in [0.717, 1.165) is 26.8 Å². The van der Waals surface area contributed by atoms with Gasteiger partial charge in [-0.3, -0.25) is 0 Å². The zero-order valence-electron chi connectivity index (χ0n) is 13.9. The Morgan fingerprint density at radius 1 is 1.08 bits per heavy atom. The van der Waals surface area contributed by atoms with Crippen LogP contribution in [0, 0.1) is 11.3 Å². The van der Waals surface area contributed by atoms with E-state index in [1.165, 1.54) is 54.5 Å². The van der Waals surface area contributed by atoms with Crippen molar-refractivity contribution in [3.05, 3.63) is 47.8 Å². The van der Waals surface area contributed by atoms with Gasteiger partial charge in [0.25, 0.3) is 0 Å². The van der Waals surface area contributed by atoms with Gasteiger partial charge in [0.15, 0.2) is 0 Å². The maximum absolute atomic E-state index is 9.19. The van der Waals surface area contributed by atoms with Crippen LogP contribution >= 0.6 is 0 Å². The molecule has 2 heterocycles. The summed E-state index contributed by atoms with van der Waals surface area (Å²) in [5.41, 5.74) is 4.63. The van der Waals surface area contributed by atoms with Crippen molar-refractivity contribution < 1.29 is 0 Å². The Hall–Kier alpha value is -2.24. The number of aromatic nitrogens is 3. The second-order valence-electron chi connectivity index (χ2n) is 6.58. The normalized spacial score (nSPS) is 15.2. The summed E-state index contributed by atoms with van der Waals surface area (Å²) in [4.78, 5) is 13.7. The summed E-state index contributed by atoms with van der Waals surface area (Å²) in [6.45, 7) is 0. The van der Waals surface area contributed by atoms with Gasteiger partial charge >= 0.3 is 156 Å². The molecule has 4 nitrogen and oxygen atoms in total. The van der Waals surface area contributed by atoms with Crippen molar-refractivity contribution in [1.29, 1.82) is 5.26 Å².